The zero-order chi connectivity index (χ0) is 17.3. The van der Waals surface area contributed by atoms with Crippen LogP contribution in [0.2, 0.25) is 0 Å². The van der Waals surface area contributed by atoms with E-state index in [0.717, 1.165) is 12.3 Å². The van der Waals surface area contributed by atoms with Crippen molar-refractivity contribution >= 4 is 0 Å². The lowest BCUT2D eigenvalue weighted by molar-refractivity contribution is -0.147. The van der Waals surface area contributed by atoms with Crippen molar-refractivity contribution in [3.63, 3.8) is 0 Å². The molecule has 1 aromatic carbocycles. The van der Waals surface area contributed by atoms with Gasteiger partial charge >= 0.3 is 0 Å². The number of hydrogen-bond donors (Lipinski definition) is 0. The summed E-state index contributed by atoms with van der Waals surface area (Å²) in [6.07, 6.45) is 14.6. The van der Waals surface area contributed by atoms with Crippen molar-refractivity contribution in [2.45, 2.75) is 103 Å². The molecule has 1 nitrogen and oxygen atoms in total. The molecule has 24 heavy (non-hydrogen) atoms. The molecule has 1 heteroatoms. The van der Waals surface area contributed by atoms with Crippen LogP contribution in [0.15, 0.2) is 30.3 Å². The maximum absolute atomic E-state index is 6.89. The predicted molar refractivity (Wildman–Crippen MR) is 104 cm³/mol. The second-order valence-corrected chi connectivity index (χ2v) is 7.87. The summed E-state index contributed by atoms with van der Waals surface area (Å²) in [4.78, 5) is 0. The third-order valence-corrected chi connectivity index (χ3v) is 5.81. The van der Waals surface area contributed by atoms with E-state index in [9.17, 15) is 0 Å². The van der Waals surface area contributed by atoms with Gasteiger partial charge in [0.1, 0.15) is 0 Å². The number of rotatable bonds is 10. The molecule has 0 amide bonds. The molecule has 136 valence electrons. The minimum Gasteiger partial charge on any atom is -0.371 e. The Morgan fingerprint density at radius 3 is 2.54 bits per heavy atom. The van der Waals surface area contributed by atoms with E-state index in [-0.39, 0.29) is 5.60 Å². The van der Waals surface area contributed by atoms with Gasteiger partial charge in [0.05, 0.1) is 11.7 Å². The molecule has 0 saturated heterocycles. The van der Waals surface area contributed by atoms with Crippen LogP contribution < -0.4 is 0 Å². The first kappa shape index (κ1) is 19.5. The van der Waals surface area contributed by atoms with Crippen LogP contribution in [-0.4, -0.2) is 11.7 Å². The van der Waals surface area contributed by atoms with E-state index in [0.29, 0.717) is 6.10 Å². The van der Waals surface area contributed by atoms with Gasteiger partial charge in [-0.15, -0.1) is 0 Å². The fraction of sp³-hybridized carbons (Fsp3) is 0.739. The van der Waals surface area contributed by atoms with Crippen LogP contribution in [0.4, 0.5) is 0 Å². The number of unbranched alkanes of at least 4 members (excludes halogenated alkanes) is 2. The quantitative estimate of drug-likeness (QED) is 0.451. The molecule has 0 bridgehead atoms. The Morgan fingerprint density at radius 2 is 1.83 bits per heavy atom. The molecule has 0 spiro atoms. The van der Waals surface area contributed by atoms with E-state index >= 15 is 0 Å². The van der Waals surface area contributed by atoms with Crippen LogP contribution in [0.3, 0.4) is 0 Å². The van der Waals surface area contributed by atoms with E-state index in [1.165, 1.54) is 69.8 Å². The molecule has 0 aliphatic heterocycles. The van der Waals surface area contributed by atoms with Gasteiger partial charge in [-0.1, -0.05) is 82.7 Å². The fourth-order valence-electron chi connectivity index (χ4n) is 4.55. The van der Waals surface area contributed by atoms with Crippen LogP contribution in [0.1, 0.15) is 90.5 Å². The van der Waals surface area contributed by atoms with Crippen molar-refractivity contribution in [3.8, 4) is 0 Å². The zero-order valence-corrected chi connectivity index (χ0v) is 16.2. The molecule has 1 fully saturated rings. The highest BCUT2D eigenvalue weighted by Gasteiger charge is 2.41. The Kier molecular flexibility index (Phi) is 8.32. The van der Waals surface area contributed by atoms with E-state index in [1.807, 2.05) is 0 Å². The monoisotopic (exact) mass is 330 g/mol. The van der Waals surface area contributed by atoms with Crippen molar-refractivity contribution in [1.29, 1.82) is 0 Å². The van der Waals surface area contributed by atoms with E-state index in [2.05, 4.69) is 51.1 Å². The molecule has 3 atom stereocenters. The molecular formula is C23H38O. The molecule has 0 radical (unpaired) electrons. The molecule has 3 unspecified atom stereocenters. The Labute approximate surface area is 150 Å². The molecule has 1 saturated carbocycles. The Balaban J connectivity index is 2.06. The number of benzene rings is 1. The average Bonchev–Trinajstić information content (AvgIpc) is 2.60. The van der Waals surface area contributed by atoms with Crippen LogP contribution >= 0.6 is 0 Å². The SMILES string of the molecule is CCCCC1CCCCC1(CCCC)OC(C)Cc1ccccc1. The average molecular weight is 331 g/mol. The number of hydrogen-bond acceptors (Lipinski definition) is 1. The summed E-state index contributed by atoms with van der Waals surface area (Å²) in [7, 11) is 0. The summed E-state index contributed by atoms with van der Waals surface area (Å²) in [5.41, 5.74) is 1.55. The van der Waals surface area contributed by atoms with Crippen molar-refractivity contribution in [1.82, 2.24) is 0 Å². The summed E-state index contributed by atoms with van der Waals surface area (Å²) >= 11 is 0. The molecule has 1 aliphatic carbocycles. The summed E-state index contributed by atoms with van der Waals surface area (Å²) < 4.78 is 6.89. The Hall–Kier alpha value is -0.820. The normalized spacial score (nSPS) is 25.5. The maximum atomic E-state index is 6.89. The molecule has 2 rings (SSSR count). The summed E-state index contributed by atoms with van der Waals surface area (Å²) in [5.74, 6) is 0.774. The van der Waals surface area contributed by atoms with Gasteiger partial charge in [-0.3, -0.25) is 0 Å². The summed E-state index contributed by atoms with van der Waals surface area (Å²) in [6.45, 7) is 6.91. The summed E-state index contributed by atoms with van der Waals surface area (Å²) in [6, 6.07) is 10.8. The zero-order valence-electron chi connectivity index (χ0n) is 16.2. The fourth-order valence-corrected chi connectivity index (χ4v) is 4.55. The lowest BCUT2D eigenvalue weighted by Crippen LogP contribution is -2.46. The van der Waals surface area contributed by atoms with Crippen molar-refractivity contribution < 1.29 is 4.74 Å². The van der Waals surface area contributed by atoms with Crippen LogP contribution in [0.25, 0.3) is 0 Å². The first-order valence-electron chi connectivity index (χ1n) is 10.4. The molecule has 0 aromatic heterocycles. The molecule has 1 aliphatic rings. The van der Waals surface area contributed by atoms with E-state index < -0.39 is 0 Å². The van der Waals surface area contributed by atoms with Gasteiger partial charge in [0.2, 0.25) is 0 Å². The molecular weight excluding hydrogens is 292 g/mol. The number of ether oxygens (including phenoxy) is 1. The molecule has 1 aromatic rings. The molecule has 0 heterocycles. The van der Waals surface area contributed by atoms with Crippen molar-refractivity contribution in [3.05, 3.63) is 35.9 Å². The topological polar surface area (TPSA) is 9.23 Å². The third-order valence-electron chi connectivity index (χ3n) is 5.81. The Morgan fingerprint density at radius 1 is 1.08 bits per heavy atom. The van der Waals surface area contributed by atoms with Crippen molar-refractivity contribution in [2.24, 2.45) is 5.92 Å². The maximum Gasteiger partial charge on any atom is 0.0714 e. The highest BCUT2D eigenvalue weighted by Crippen LogP contribution is 2.44. The van der Waals surface area contributed by atoms with Gasteiger partial charge in [0.15, 0.2) is 0 Å². The smallest absolute Gasteiger partial charge is 0.0714 e. The minimum absolute atomic E-state index is 0.150. The first-order chi connectivity index (χ1) is 11.7. The van der Waals surface area contributed by atoms with Crippen LogP contribution in [0.5, 0.6) is 0 Å². The predicted octanol–water partition coefficient (Wildman–Crippen LogP) is 6.94. The van der Waals surface area contributed by atoms with Gasteiger partial charge in [-0.05, 0) is 50.5 Å². The molecule has 0 N–H and O–H groups in total. The highest BCUT2D eigenvalue weighted by atomic mass is 16.5. The third kappa shape index (κ3) is 5.62. The second-order valence-electron chi connectivity index (χ2n) is 7.87. The lowest BCUT2D eigenvalue weighted by Gasteiger charge is -2.46. The first-order valence-corrected chi connectivity index (χ1v) is 10.4. The standard InChI is InChI=1S/C23H38O/c1-4-6-15-22-16-11-12-18-23(22,17-7-5-2)24-20(3)19-21-13-9-8-10-14-21/h8-10,13-14,20,22H,4-7,11-12,15-19H2,1-3H3. The van der Waals surface area contributed by atoms with Crippen molar-refractivity contribution in [2.75, 3.05) is 0 Å². The van der Waals surface area contributed by atoms with Crippen LogP contribution in [0, 0.1) is 5.92 Å². The lowest BCUT2D eigenvalue weighted by atomic mass is 9.70. The largest absolute Gasteiger partial charge is 0.371 e. The van der Waals surface area contributed by atoms with Crippen LogP contribution in [-0.2, 0) is 11.2 Å². The van der Waals surface area contributed by atoms with E-state index in [4.69, 9.17) is 4.74 Å². The Bertz CT molecular complexity index is 441. The van der Waals surface area contributed by atoms with E-state index in [1.54, 1.807) is 0 Å². The van der Waals surface area contributed by atoms with Gasteiger partial charge in [0.25, 0.3) is 0 Å². The van der Waals surface area contributed by atoms with Gasteiger partial charge in [-0.2, -0.15) is 0 Å². The summed E-state index contributed by atoms with van der Waals surface area (Å²) in [5, 5.41) is 0. The second kappa shape index (κ2) is 10.2. The minimum atomic E-state index is 0.150. The highest BCUT2D eigenvalue weighted by molar-refractivity contribution is 5.15. The van der Waals surface area contributed by atoms with Gasteiger partial charge in [-0.25, -0.2) is 0 Å². The van der Waals surface area contributed by atoms with Gasteiger partial charge < -0.3 is 4.74 Å². The van der Waals surface area contributed by atoms with Gasteiger partial charge in [0, 0.05) is 0 Å².